The quantitative estimate of drug-likeness (QED) is 0.654. The van der Waals surface area contributed by atoms with Crippen LogP contribution in [0, 0.1) is 0 Å². The second kappa shape index (κ2) is 3.68. The summed E-state index contributed by atoms with van der Waals surface area (Å²) >= 11 is 0. The summed E-state index contributed by atoms with van der Waals surface area (Å²) in [5.41, 5.74) is 1.39. The number of nitrogens with two attached hydrogens (primary N) is 1. The summed E-state index contributed by atoms with van der Waals surface area (Å²) in [5, 5.41) is 2.43. The standard InChI is InChI=1S/C10H14N2/c1-2-7-12-10(5-1)9-4-3-6-11-8-9/h3-4,6,8,10,12H,1-2,5,7H2/p+1. The lowest BCUT2D eigenvalue weighted by atomic mass is 9.99. The van der Waals surface area contributed by atoms with Crippen molar-refractivity contribution < 1.29 is 5.32 Å². The summed E-state index contributed by atoms with van der Waals surface area (Å²) < 4.78 is 0. The number of nitrogens with zero attached hydrogens (tertiary/aromatic N) is 1. The van der Waals surface area contributed by atoms with E-state index in [0.717, 1.165) is 0 Å². The lowest BCUT2D eigenvalue weighted by Gasteiger charge is -2.19. The molecule has 1 aliphatic rings. The van der Waals surface area contributed by atoms with E-state index in [1.807, 2.05) is 18.5 Å². The van der Waals surface area contributed by atoms with Gasteiger partial charge >= 0.3 is 0 Å². The molecule has 0 bridgehead atoms. The molecule has 0 amide bonds. The smallest absolute Gasteiger partial charge is 0.113 e. The first kappa shape index (κ1) is 7.74. The van der Waals surface area contributed by atoms with Gasteiger partial charge in [-0.15, -0.1) is 0 Å². The summed E-state index contributed by atoms with van der Waals surface area (Å²) in [6, 6.07) is 4.88. The van der Waals surface area contributed by atoms with Crippen LogP contribution < -0.4 is 5.32 Å². The molecule has 0 spiro atoms. The van der Waals surface area contributed by atoms with E-state index >= 15 is 0 Å². The zero-order chi connectivity index (χ0) is 8.23. The highest BCUT2D eigenvalue weighted by atomic mass is 14.9. The van der Waals surface area contributed by atoms with Gasteiger partial charge in [-0.3, -0.25) is 4.98 Å². The lowest BCUT2D eigenvalue weighted by molar-refractivity contribution is -0.704. The van der Waals surface area contributed by atoms with Gasteiger partial charge < -0.3 is 5.32 Å². The highest BCUT2D eigenvalue weighted by Crippen LogP contribution is 2.16. The van der Waals surface area contributed by atoms with Crippen LogP contribution in [0.5, 0.6) is 0 Å². The van der Waals surface area contributed by atoms with E-state index in [4.69, 9.17) is 0 Å². The molecule has 2 heterocycles. The van der Waals surface area contributed by atoms with Crippen molar-refractivity contribution in [2.24, 2.45) is 0 Å². The predicted molar refractivity (Wildman–Crippen MR) is 47.6 cm³/mol. The maximum Gasteiger partial charge on any atom is 0.113 e. The maximum absolute atomic E-state index is 4.14. The van der Waals surface area contributed by atoms with Crippen LogP contribution >= 0.6 is 0 Å². The molecule has 2 heteroatoms. The molecule has 64 valence electrons. The van der Waals surface area contributed by atoms with Crippen LogP contribution in [0.25, 0.3) is 0 Å². The minimum absolute atomic E-state index is 0.674. The largest absolute Gasteiger partial charge is 0.340 e. The van der Waals surface area contributed by atoms with Gasteiger partial charge in [-0.2, -0.15) is 0 Å². The summed E-state index contributed by atoms with van der Waals surface area (Å²) in [4.78, 5) is 4.14. The molecule has 1 unspecified atom stereocenters. The van der Waals surface area contributed by atoms with Crippen LogP contribution in [0.1, 0.15) is 30.9 Å². The average Bonchev–Trinajstić information content (AvgIpc) is 2.21. The van der Waals surface area contributed by atoms with Crippen molar-refractivity contribution >= 4 is 0 Å². The van der Waals surface area contributed by atoms with Crippen LogP contribution in [0.3, 0.4) is 0 Å². The fraction of sp³-hybridized carbons (Fsp3) is 0.500. The van der Waals surface area contributed by atoms with Crippen molar-refractivity contribution in [3.8, 4) is 0 Å². The molecule has 2 rings (SSSR count). The van der Waals surface area contributed by atoms with E-state index in [1.165, 1.54) is 31.4 Å². The number of hydrogen-bond acceptors (Lipinski definition) is 1. The molecule has 2 nitrogen and oxygen atoms in total. The van der Waals surface area contributed by atoms with Gasteiger partial charge in [-0.1, -0.05) is 6.07 Å². The van der Waals surface area contributed by atoms with Crippen molar-refractivity contribution in [1.82, 2.24) is 4.98 Å². The summed E-state index contributed by atoms with van der Waals surface area (Å²) in [7, 11) is 0. The molecule has 0 saturated carbocycles. The third-order valence-corrected chi connectivity index (χ3v) is 2.53. The van der Waals surface area contributed by atoms with Crippen LogP contribution in [0.15, 0.2) is 24.5 Å². The monoisotopic (exact) mass is 163 g/mol. The molecule has 1 aliphatic heterocycles. The van der Waals surface area contributed by atoms with Crippen LogP contribution in [0.4, 0.5) is 0 Å². The average molecular weight is 163 g/mol. The molecule has 1 aromatic rings. The van der Waals surface area contributed by atoms with E-state index in [1.54, 1.807) is 0 Å². The van der Waals surface area contributed by atoms with Crippen molar-refractivity contribution in [1.29, 1.82) is 0 Å². The Morgan fingerprint density at radius 3 is 3.08 bits per heavy atom. The van der Waals surface area contributed by atoms with Gasteiger partial charge in [0.1, 0.15) is 6.04 Å². The van der Waals surface area contributed by atoms with Crippen molar-refractivity contribution in [3.05, 3.63) is 30.1 Å². The minimum Gasteiger partial charge on any atom is -0.340 e. The molecule has 2 N–H and O–H groups in total. The molecule has 1 fully saturated rings. The Kier molecular flexibility index (Phi) is 2.37. The lowest BCUT2D eigenvalue weighted by Crippen LogP contribution is -2.86. The Balaban J connectivity index is 2.08. The van der Waals surface area contributed by atoms with Crippen LogP contribution in [-0.4, -0.2) is 11.5 Å². The molecule has 1 atom stereocenters. The van der Waals surface area contributed by atoms with Gasteiger partial charge in [-0.25, -0.2) is 0 Å². The van der Waals surface area contributed by atoms with Crippen molar-refractivity contribution in [2.75, 3.05) is 6.54 Å². The summed E-state index contributed by atoms with van der Waals surface area (Å²) in [5.74, 6) is 0. The second-order valence-corrected chi connectivity index (χ2v) is 3.41. The molecule has 1 aromatic heterocycles. The van der Waals surface area contributed by atoms with Crippen molar-refractivity contribution in [2.45, 2.75) is 25.3 Å². The highest BCUT2D eigenvalue weighted by molar-refractivity contribution is 5.11. The van der Waals surface area contributed by atoms with Crippen molar-refractivity contribution in [3.63, 3.8) is 0 Å². The predicted octanol–water partition coefficient (Wildman–Crippen LogP) is 0.870. The van der Waals surface area contributed by atoms with Gasteiger partial charge in [0.05, 0.1) is 6.54 Å². The zero-order valence-corrected chi connectivity index (χ0v) is 7.24. The number of quaternary nitrogens is 1. The molecule has 1 saturated heterocycles. The first-order chi connectivity index (χ1) is 5.97. The first-order valence-electron chi connectivity index (χ1n) is 4.70. The third-order valence-electron chi connectivity index (χ3n) is 2.53. The Morgan fingerprint density at radius 1 is 1.42 bits per heavy atom. The fourth-order valence-corrected chi connectivity index (χ4v) is 1.84. The number of piperidine rings is 1. The number of aromatic nitrogens is 1. The molecular formula is C10H15N2+. The third kappa shape index (κ3) is 1.64. The van der Waals surface area contributed by atoms with Gasteiger partial charge in [0, 0.05) is 24.4 Å². The molecular weight excluding hydrogens is 148 g/mol. The van der Waals surface area contributed by atoms with E-state index in [-0.39, 0.29) is 0 Å². The van der Waals surface area contributed by atoms with E-state index in [0.29, 0.717) is 6.04 Å². The molecule has 0 aliphatic carbocycles. The Bertz CT molecular complexity index is 227. The zero-order valence-electron chi connectivity index (χ0n) is 7.24. The first-order valence-corrected chi connectivity index (χ1v) is 4.70. The fourth-order valence-electron chi connectivity index (χ4n) is 1.84. The summed E-state index contributed by atoms with van der Waals surface area (Å²) in [6.45, 7) is 1.28. The number of rotatable bonds is 1. The van der Waals surface area contributed by atoms with E-state index in [2.05, 4.69) is 16.4 Å². The number of pyridine rings is 1. The Morgan fingerprint density at radius 2 is 2.42 bits per heavy atom. The van der Waals surface area contributed by atoms with Gasteiger partial charge in [0.15, 0.2) is 0 Å². The Hall–Kier alpha value is -0.890. The van der Waals surface area contributed by atoms with Crippen LogP contribution in [0.2, 0.25) is 0 Å². The Labute approximate surface area is 73.0 Å². The highest BCUT2D eigenvalue weighted by Gasteiger charge is 2.17. The van der Waals surface area contributed by atoms with E-state index < -0.39 is 0 Å². The second-order valence-electron chi connectivity index (χ2n) is 3.41. The maximum atomic E-state index is 4.14. The number of hydrogen-bond donors (Lipinski definition) is 1. The molecule has 0 radical (unpaired) electrons. The van der Waals surface area contributed by atoms with Crippen LogP contribution in [-0.2, 0) is 0 Å². The minimum atomic E-state index is 0.674. The normalized spacial score (nSPS) is 23.8. The summed E-state index contributed by atoms with van der Waals surface area (Å²) in [6.07, 6.45) is 7.89. The van der Waals surface area contributed by atoms with Gasteiger partial charge in [0.25, 0.3) is 0 Å². The topological polar surface area (TPSA) is 29.5 Å². The van der Waals surface area contributed by atoms with E-state index in [9.17, 15) is 0 Å². The molecule has 12 heavy (non-hydrogen) atoms. The SMILES string of the molecule is c1cncc(C2CCCC[NH2+]2)c1. The van der Waals surface area contributed by atoms with Gasteiger partial charge in [-0.05, 0) is 18.9 Å². The molecule has 0 aromatic carbocycles. The van der Waals surface area contributed by atoms with Gasteiger partial charge in [0.2, 0.25) is 0 Å².